The molecule has 0 bridgehead atoms. The van der Waals surface area contributed by atoms with Crippen LogP contribution >= 0.6 is 22.7 Å². The van der Waals surface area contributed by atoms with E-state index in [0.29, 0.717) is 4.88 Å². The fourth-order valence-electron chi connectivity index (χ4n) is 1.77. The maximum absolute atomic E-state index is 11.8. The first-order chi connectivity index (χ1) is 9.78. The largest absolute Gasteiger partial charge is 0.340 e. The van der Waals surface area contributed by atoms with E-state index in [1.54, 1.807) is 17.4 Å². The average Bonchev–Trinajstić information content (AvgIpc) is 3.10. The van der Waals surface area contributed by atoms with E-state index in [4.69, 9.17) is 6.42 Å². The number of fused-ring (bicyclic) bond motifs is 1. The number of terminal acetylenes is 1. The van der Waals surface area contributed by atoms with Crippen molar-refractivity contribution in [3.05, 3.63) is 41.3 Å². The van der Waals surface area contributed by atoms with E-state index < -0.39 is 0 Å². The molecule has 0 spiro atoms. The highest BCUT2D eigenvalue weighted by Crippen LogP contribution is 2.34. The third kappa shape index (κ3) is 2.44. The summed E-state index contributed by atoms with van der Waals surface area (Å²) in [5, 5.41) is 3.60. The fraction of sp³-hybridized carbons (Fsp3) is 0.0667. The summed E-state index contributed by atoms with van der Waals surface area (Å²) in [6, 6.07) is 11.7. The number of thiophene rings is 1. The first-order valence-electron chi connectivity index (χ1n) is 5.95. The molecule has 0 atom stereocenters. The van der Waals surface area contributed by atoms with Gasteiger partial charge >= 0.3 is 0 Å². The molecule has 0 radical (unpaired) electrons. The van der Waals surface area contributed by atoms with Crippen molar-refractivity contribution in [2.75, 3.05) is 6.54 Å². The summed E-state index contributed by atoms with van der Waals surface area (Å²) in [6.45, 7) is 0.243. The minimum Gasteiger partial charge on any atom is -0.340 e. The van der Waals surface area contributed by atoms with Gasteiger partial charge in [-0.3, -0.25) is 4.79 Å². The smallest absolute Gasteiger partial charge is 0.262 e. The number of nitrogens with zero attached hydrogens (tertiary/aromatic N) is 1. The van der Waals surface area contributed by atoms with Crippen LogP contribution in [0.4, 0.5) is 0 Å². The van der Waals surface area contributed by atoms with E-state index in [9.17, 15) is 4.79 Å². The predicted octanol–water partition coefficient (Wildman–Crippen LogP) is 3.39. The number of amides is 1. The van der Waals surface area contributed by atoms with Crippen LogP contribution in [0.5, 0.6) is 0 Å². The van der Waals surface area contributed by atoms with Crippen LogP contribution in [0, 0.1) is 12.3 Å². The van der Waals surface area contributed by atoms with Crippen LogP contribution < -0.4 is 5.32 Å². The van der Waals surface area contributed by atoms with Crippen LogP contribution in [-0.4, -0.2) is 17.4 Å². The minimum atomic E-state index is -0.139. The van der Waals surface area contributed by atoms with E-state index in [1.165, 1.54) is 11.3 Å². The SMILES string of the molecule is C#CCNC(=O)c1ccc(-c2nc3ccccc3s2)s1. The molecule has 3 nitrogen and oxygen atoms in total. The molecule has 3 aromatic rings. The number of benzene rings is 1. The molecular weight excluding hydrogens is 288 g/mol. The number of para-hydroxylation sites is 1. The second kappa shape index (κ2) is 5.45. The number of nitrogens with one attached hydrogen (secondary N) is 1. The number of hydrogen-bond donors (Lipinski definition) is 1. The van der Waals surface area contributed by atoms with Gasteiger partial charge in [0.25, 0.3) is 5.91 Å². The second-order valence-corrected chi connectivity index (χ2v) is 6.15. The van der Waals surface area contributed by atoms with Gasteiger partial charge in [0.15, 0.2) is 0 Å². The number of rotatable bonds is 3. The predicted molar refractivity (Wildman–Crippen MR) is 84.1 cm³/mol. The first kappa shape index (κ1) is 12.9. The van der Waals surface area contributed by atoms with Gasteiger partial charge in [-0.05, 0) is 24.3 Å². The molecule has 0 aliphatic heterocycles. The molecule has 20 heavy (non-hydrogen) atoms. The third-order valence-corrected chi connectivity index (χ3v) is 4.98. The summed E-state index contributed by atoms with van der Waals surface area (Å²) in [7, 11) is 0. The van der Waals surface area contributed by atoms with Crippen molar-refractivity contribution in [2.45, 2.75) is 0 Å². The fourth-order valence-corrected chi connectivity index (χ4v) is 3.71. The van der Waals surface area contributed by atoms with E-state index in [0.717, 1.165) is 20.1 Å². The van der Waals surface area contributed by atoms with Gasteiger partial charge in [-0.1, -0.05) is 18.1 Å². The Hall–Kier alpha value is -2.16. The topological polar surface area (TPSA) is 42.0 Å². The zero-order chi connectivity index (χ0) is 13.9. The highest BCUT2D eigenvalue weighted by atomic mass is 32.1. The number of hydrogen-bond acceptors (Lipinski definition) is 4. The quantitative estimate of drug-likeness (QED) is 0.753. The van der Waals surface area contributed by atoms with Crippen LogP contribution in [0.25, 0.3) is 20.1 Å². The van der Waals surface area contributed by atoms with E-state index in [2.05, 4.69) is 16.2 Å². The molecular formula is C15H10N2OS2. The van der Waals surface area contributed by atoms with Crippen molar-refractivity contribution >= 4 is 38.8 Å². The van der Waals surface area contributed by atoms with E-state index in [-0.39, 0.29) is 12.5 Å². The lowest BCUT2D eigenvalue weighted by molar-refractivity contribution is 0.0963. The lowest BCUT2D eigenvalue weighted by Crippen LogP contribution is -2.22. The van der Waals surface area contributed by atoms with Gasteiger partial charge < -0.3 is 5.32 Å². The van der Waals surface area contributed by atoms with Crippen LogP contribution in [0.15, 0.2) is 36.4 Å². The summed E-state index contributed by atoms with van der Waals surface area (Å²) >= 11 is 3.06. The summed E-state index contributed by atoms with van der Waals surface area (Å²) in [5.41, 5.74) is 0.985. The Morgan fingerprint density at radius 2 is 2.10 bits per heavy atom. The molecule has 3 rings (SSSR count). The molecule has 5 heteroatoms. The molecule has 0 aliphatic carbocycles. The minimum absolute atomic E-state index is 0.139. The Kier molecular flexibility index (Phi) is 3.50. The first-order valence-corrected chi connectivity index (χ1v) is 7.58. The Balaban J connectivity index is 1.89. The van der Waals surface area contributed by atoms with Crippen molar-refractivity contribution in [1.82, 2.24) is 10.3 Å². The molecule has 98 valence electrons. The molecule has 0 saturated carbocycles. The number of aromatic nitrogens is 1. The van der Waals surface area contributed by atoms with Gasteiger partial charge in [-0.2, -0.15) is 0 Å². The second-order valence-electron chi connectivity index (χ2n) is 4.04. The Bertz CT molecular complexity index is 778. The van der Waals surface area contributed by atoms with Crippen molar-refractivity contribution in [2.24, 2.45) is 0 Å². The Morgan fingerprint density at radius 1 is 1.25 bits per heavy atom. The Morgan fingerprint density at radius 3 is 2.90 bits per heavy atom. The highest BCUT2D eigenvalue weighted by Gasteiger charge is 2.12. The molecule has 0 fully saturated rings. The van der Waals surface area contributed by atoms with Gasteiger partial charge in [0, 0.05) is 0 Å². The maximum Gasteiger partial charge on any atom is 0.262 e. The van der Waals surface area contributed by atoms with Crippen molar-refractivity contribution in [3.63, 3.8) is 0 Å². The maximum atomic E-state index is 11.8. The third-order valence-electron chi connectivity index (χ3n) is 2.69. The molecule has 0 aliphatic rings. The zero-order valence-corrected chi connectivity index (χ0v) is 12.1. The molecule has 0 saturated heterocycles. The molecule has 1 N–H and O–H groups in total. The molecule has 1 amide bonds. The van der Waals surface area contributed by atoms with Crippen molar-refractivity contribution in [1.29, 1.82) is 0 Å². The normalized spacial score (nSPS) is 10.3. The van der Waals surface area contributed by atoms with Gasteiger partial charge in [-0.15, -0.1) is 29.1 Å². The number of thiazole rings is 1. The standard InChI is InChI=1S/C15H10N2OS2/c1-2-9-16-14(18)12-7-8-13(19-12)15-17-10-5-3-4-6-11(10)20-15/h1,3-8H,9H2,(H,16,18). The number of carbonyl (C=O) groups is 1. The summed E-state index contributed by atoms with van der Waals surface area (Å²) in [4.78, 5) is 18.0. The van der Waals surface area contributed by atoms with Crippen LogP contribution in [0.1, 0.15) is 9.67 Å². The average molecular weight is 298 g/mol. The van der Waals surface area contributed by atoms with Gasteiger partial charge in [0.1, 0.15) is 5.01 Å². The summed E-state index contributed by atoms with van der Waals surface area (Å²) in [5.74, 6) is 2.25. The van der Waals surface area contributed by atoms with Gasteiger partial charge in [-0.25, -0.2) is 4.98 Å². The van der Waals surface area contributed by atoms with Gasteiger partial charge in [0.05, 0.1) is 26.5 Å². The summed E-state index contributed by atoms with van der Waals surface area (Å²) in [6.07, 6.45) is 5.12. The Labute approximate surface area is 124 Å². The van der Waals surface area contributed by atoms with Crippen LogP contribution in [0.2, 0.25) is 0 Å². The molecule has 2 aromatic heterocycles. The molecule has 1 aromatic carbocycles. The lowest BCUT2D eigenvalue weighted by atomic mass is 10.3. The number of carbonyl (C=O) groups excluding carboxylic acids is 1. The van der Waals surface area contributed by atoms with E-state index >= 15 is 0 Å². The van der Waals surface area contributed by atoms with Crippen molar-refractivity contribution < 1.29 is 4.79 Å². The molecule has 2 heterocycles. The molecule has 0 unspecified atom stereocenters. The summed E-state index contributed by atoms with van der Waals surface area (Å²) < 4.78 is 1.15. The van der Waals surface area contributed by atoms with Crippen LogP contribution in [-0.2, 0) is 0 Å². The lowest BCUT2D eigenvalue weighted by Gasteiger charge is -1.96. The van der Waals surface area contributed by atoms with E-state index in [1.807, 2.05) is 30.3 Å². The van der Waals surface area contributed by atoms with Gasteiger partial charge in [0.2, 0.25) is 0 Å². The van der Waals surface area contributed by atoms with Crippen molar-refractivity contribution in [3.8, 4) is 22.2 Å². The monoisotopic (exact) mass is 298 g/mol. The zero-order valence-electron chi connectivity index (χ0n) is 10.4. The highest BCUT2D eigenvalue weighted by molar-refractivity contribution is 7.26. The van der Waals surface area contributed by atoms with Crippen LogP contribution in [0.3, 0.4) is 0 Å².